The Balaban J connectivity index is 3.08. The molecular formula is C10H6ClNO. The van der Waals surface area contributed by atoms with Crippen molar-refractivity contribution >= 4 is 24.0 Å². The molecule has 0 bridgehead atoms. The second kappa shape index (κ2) is 4.44. The standard InChI is InChI=1S/C10H6ClNO/c11-10-4-3-8(2-1-5-12)6-9(10)7-13/h1-4,6-7H. The number of nitrogens with zero attached hydrogens (tertiary/aromatic N) is 1. The first-order valence-corrected chi connectivity index (χ1v) is 3.96. The number of carbonyl (C=O) groups excluding carboxylic acids is 1. The van der Waals surface area contributed by atoms with E-state index in [1.165, 1.54) is 6.08 Å². The van der Waals surface area contributed by atoms with Crippen LogP contribution in [-0.2, 0) is 0 Å². The summed E-state index contributed by atoms with van der Waals surface area (Å²) in [5.41, 5.74) is 1.22. The zero-order valence-electron chi connectivity index (χ0n) is 6.70. The maximum absolute atomic E-state index is 10.5. The SMILES string of the molecule is N#CC=Cc1ccc(Cl)c(C=O)c1. The van der Waals surface area contributed by atoms with Gasteiger partial charge in [-0.15, -0.1) is 0 Å². The van der Waals surface area contributed by atoms with Gasteiger partial charge in [0.25, 0.3) is 0 Å². The van der Waals surface area contributed by atoms with Crippen LogP contribution in [0.1, 0.15) is 15.9 Å². The van der Waals surface area contributed by atoms with E-state index in [9.17, 15) is 4.79 Å². The van der Waals surface area contributed by atoms with Crippen LogP contribution in [0.15, 0.2) is 24.3 Å². The summed E-state index contributed by atoms with van der Waals surface area (Å²) in [5, 5.41) is 8.70. The number of halogens is 1. The monoisotopic (exact) mass is 191 g/mol. The molecule has 13 heavy (non-hydrogen) atoms. The molecule has 0 amide bonds. The van der Waals surface area contributed by atoms with Gasteiger partial charge in [0.1, 0.15) is 0 Å². The number of hydrogen-bond donors (Lipinski definition) is 0. The Hall–Kier alpha value is -1.59. The molecule has 0 aliphatic heterocycles. The molecule has 0 radical (unpaired) electrons. The molecule has 0 aromatic heterocycles. The van der Waals surface area contributed by atoms with Gasteiger partial charge in [-0.2, -0.15) is 5.26 Å². The summed E-state index contributed by atoms with van der Waals surface area (Å²) in [5.74, 6) is 0. The molecule has 0 aliphatic rings. The van der Waals surface area contributed by atoms with Gasteiger partial charge >= 0.3 is 0 Å². The van der Waals surface area contributed by atoms with Crippen molar-refractivity contribution in [3.8, 4) is 6.07 Å². The molecule has 0 fully saturated rings. The van der Waals surface area contributed by atoms with Gasteiger partial charge in [-0.05, 0) is 23.8 Å². The zero-order valence-corrected chi connectivity index (χ0v) is 7.45. The maximum Gasteiger partial charge on any atom is 0.151 e. The summed E-state index contributed by atoms with van der Waals surface area (Å²) in [6.07, 6.45) is 3.65. The fraction of sp³-hybridized carbons (Fsp3) is 0. The lowest BCUT2D eigenvalue weighted by Crippen LogP contribution is -1.82. The molecular weight excluding hydrogens is 186 g/mol. The Labute approximate surface area is 81.1 Å². The van der Waals surface area contributed by atoms with E-state index in [2.05, 4.69) is 0 Å². The van der Waals surface area contributed by atoms with E-state index >= 15 is 0 Å². The molecule has 0 aliphatic carbocycles. The Bertz CT molecular complexity index is 390. The molecule has 0 atom stereocenters. The third kappa shape index (κ3) is 2.43. The lowest BCUT2D eigenvalue weighted by molar-refractivity contribution is 0.112. The number of carbonyl (C=O) groups is 1. The molecule has 0 saturated carbocycles. The predicted octanol–water partition coefficient (Wildman–Crippen LogP) is 2.69. The second-order valence-electron chi connectivity index (χ2n) is 2.36. The second-order valence-corrected chi connectivity index (χ2v) is 2.77. The Morgan fingerprint density at radius 2 is 2.23 bits per heavy atom. The van der Waals surface area contributed by atoms with Crippen LogP contribution >= 0.6 is 11.6 Å². The summed E-state index contributed by atoms with van der Waals surface area (Å²) in [6, 6.07) is 6.86. The minimum absolute atomic E-state index is 0.420. The van der Waals surface area contributed by atoms with Crippen LogP contribution in [0, 0.1) is 11.3 Å². The van der Waals surface area contributed by atoms with E-state index in [1.807, 2.05) is 6.07 Å². The Kier molecular flexibility index (Phi) is 3.24. The molecule has 0 saturated heterocycles. The first-order chi connectivity index (χ1) is 6.27. The third-order valence-electron chi connectivity index (χ3n) is 1.50. The lowest BCUT2D eigenvalue weighted by atomic mass is 10.1. The molecule has 0 unspecified atom stereocenters. The molecule has 1 aromatic rings. The topological polar surface area (TPSA) is 40.9 Å². The number of benzene rings is 1. The summed E-state index contributed by atoms with van der Waals surface area (Å²) in [6.45, 7) is 0. The van der Waals surface area contributed by atoms with Crippen molar-refractivity contribution in [2.45, 2.75) is 0 Å². The van der Waals surface area contributed by atoms with Gasteiger partial charge in [0.2, 0.25) is 0 Å². The van der Waals surface area contributed by atoms with Crippen LogP contribution in [-0.4, -0.2) is 6.29 Å². The van der Waals surface area contributed by atoms with Crippen LogP contribution < -0.4 is 0 Å². The Morgan fingerprint density at radius 3 is 2.85 bits per heavy atom. The van der Waals surface area contributed by atoms with Gasteiger partial charge in [0, 0.05) is 11.6 Å². The van der Waals surface area contributed by atoms with Crippen molar-refractivity contribution < 1.29 is 4.79 Å². The smallest absolute Gasteiger partial charge is 0.151 e. The van der Waals surface area contributed by atoms with Gasteiger partial charge in [-0.3, -0.25) is 4.79 Å². The van der Waals surface area contributed by atoms with Gasteiger partial charge in [0.15, 0.2) is 6.29 Å². The van der Waals surface area contributed by atoms with E-state index < -0.39 is 0 Å². The van der Waals surface area contributed by atoms with E-state index in [0.717, 1.165) is 5.56 Å². The largest absolute Gasteiger partial charge is 0.298 e. The highest BCUT2D eigenvalue weighted by Gasteiger charge is 1.97. The highest BCUT2D eigenvalue weighted by atomic mass is 35.5. The van der Waals surface area contributed by atoms with Crippen molar-refractivity contribution in [3.05, 3.63) is 40.4 Å². The van der Waals surface area contributed by atoms with Crippen molar-refractivity contribution in [3.63, 3.8) is 0 Å². The van der Waals surface area contributed by atoms with Gasteiger partial charge in [-0.1, -0.05) is 17.7 Å². The van der Waals surface area contributed by atoms with Crippen molar-refractivity contribution in [1.82, 2.24) is 0 Å². The van der Waals surface area contributed by atoms with Gasteiger partial charge in [0.05, 0.1) is 11.1 Å². The van der Waals surface area contributed by atoms with Crippen molar-refractivity contribution in [1.29, 1.82) is 5.26 Å². The number of aldehydes is 1. The molecule has 3 heteroatoms. The van der Waals surface area contributed by atoms with E-state index in [4.69, 9.17) is 16.9 Å². The number of hydrogen-bond acceptors (Lipinski definition) is 2. The Morgan fingerprint density at radius 1 is 1.46 bits per heavy atom. The third-order valence-corrected chi connectivity index (χ3v) is 1.84. The quantitative estimate of drug-likeness (QED) is 0.533. The number of nitriles is 1. The van der Waals surface area contributed by atoms with Crippen molar-refractivity contribution in [2.24, 2.45) is 0 Å². The summed E-state index contributed by atoms with van der Waals surface area (Å²) < 4.78 is 0. The van der Waals surface area contributed by atoms with Crippen LogP contribution in [0.2, 0.25) is 5.02 Å². The normalized spacial score (nSPS) is 9.85. The molecule has 1 rings (SSSR count). The van der Waals surface area contributed by atoms with Crippen LogP contribution in [0.5, 0.6) is 0 Å². The lowest BCUT2D eigenvalue weighted by Gasteiger charge is -1.96. The van der Waals surface area contributed by atoms with Crippen LogP contribution in [0.4, 0.5) is 0 Å². The van der Waals surface area contributed by atoms with Crippen molar-refractivity contribution in [2.75, 3.05) is 0 Å². The fourth-order valence-electron chi connectivity index (χ4n) is 0.890. The highest BCUT2D eigenvalue weighted by Crippen LogP contribution is 2.16. The average molecular weight is 192 g/mol. The molecule has 0 N–H and O–H groups in total. The molecule has 0 spiro atoms. The van der Waals surface area contributed by atoms with Gasteiger partial charge in [-0.25, -0.2) is 0 Å². The van der Waals surface area contributed by atoms with E-state index in [-0.39, 0.29) is 0 Å². The molecule has 2 nitrogen and oxygen atoms in total. The van der Waals surface area contributed by atoms with Crippen LogP contribution in [0.25, 0.3) is 6.08 Å². The highest BCUT2D eigenvalue weighted by molar-refractivity contribution is 6.33. The van der Waals surface area contributed by atoms with Crippen LogP contribution in [0.3, 0.4) is 0 Å². The fourth-order valence-corrected chi connectivity index (χ4v) is 1.05. The maximum atomic E-state index is 10.5. The predicted molar refractivity (Wildman–Crippen MR) is 51.5 cm³/mol. The summed E-state index contributed by atoms with van der Waals surface area (Å²) >= 11 is 5.71. The molecule has 0 heterocycles. The first-order valence-electron chi connectivity index (χ1n) is 3.59. The summed E-state index contributed by atoms with van der Waals surface area (Å²) in [4.78, 5) is 10.5. The first kappa shape index (κ1) is 9.50. The number of allylic oxidation sites excluding steroid dienone is 1. The average Bonchev–Trinajstić information content (AvgIpc) is 2.16. The van der Waals surface area contributed by atoms with Gasteiger partial charge < -0.3 is 0 Å². The minimum Gasteiger partial charge on any atom is -0.298 e. The number of rotatable bonds is 2. The van der Waals surface area contributed by atoms with E-state index in [0.29, 0.717) is 16.9 Å². The molecule has 64 valence electrons. The van der Waals surface area contributed by atoms with E-state index in [1.54, 1.807) is 24.3 Å². The minimum atomic E-state index is 0.420. The molecule has 1 aromatic carbocycles. The summed E-state index contributed by atoms with van der Waals surface area (Å²) in [7, 11) is 0. The zero-order chi connectivity index (χ0) is 9.68.